The number of carbonyl (C=O) groups excluding carboxylic acids is 1. The van der Waals surface area contributed by atoms with Crippen molar-refractivity contribution >= 4 is 28.9 Å². The molecule has 0 aliphatic rings. The van der Waals surface area contributed by atoms with E-state index in [1.54, 1.807) is 28.5 Å². The molecule has 0 aliphatic heterocycles. The molecule has 1 unspecified atom stereocenters. The van der Waals surface area contributed by atoms with Crippen LogP contribution in [0.1, 0.15) is 32.7 Å². The molecule has 204 valence electrons. The van der Waals surface area contributed by atoms with Gasteiger partial charge in [-0.2, -0.15) is 4.68 Å². The highest BCUT2D eigenvalue weighted by atomic mass is 35.5. The van der Waals surface area contributed by atoms with E-state index in [1.165, 1.54) is 13.4 Å². The first-order chi connectivity index (χ1) is 20.0. The van der Waals surface area contributed by atoms with E-state index in [9.17, 15) is 4.79 Å². The third kappa shape index (κ3) is 5.37. The number of H-pyrrole nitrogens is 1. The highest BCUT2D eigenvalue weighted by molar-refractivity contribution is 7.12. The lowest BCUT2D eigenvalue weighted by Gasteiger charge is -2.16. The number of carbonyl (C=O) groups is 1. The number of nitrogens with one attached hydrogen (secondary N) is 1. The maximum atomic E-state index is 15.0. The van der Waals surface area contributed by atoms with Gasteiger partial charge in [0.1, 0.15) is 17.0 Å². The Kier molecular flexibility index (Phi) is 7.36. The Morgan fingerprint density at radius 2 is 1.95 bits per heavy atom. The average molecular weight is 586 g/mol. The number of halogens is 2. The van der Waals surface area contributed by atoms with E-state index >= 15 is 4.39 Å². The maximum Gasteiger partial charge on any atom is 0.351 e. The summed E-state index contributed by atoms with van der Waals surface area (Å²) in [7, 11) is 1.22. The molecule has 9 nitrogen and oxygen atoms in total. The molecule has 0 saturated carbocycles. The molecular formula is C29H21ClFN7O2S. The van der Waals surface area contributed by atoms with Crippen LogP contribution in [0.5, 0.6) is 0 Å². The molecular weight excluding hydrogens is 565 g/mol. The molecule has 6 rings (SSSR count). The van der Waals surface area contributed by atoms with E-state index in [1.807, 2.05) is 54.6 Å². The average Bonchev–Trinajstić information content (AvgIpc) is 3.78. The highest BCUT2D eigenvalue weighted by Crippen LogP contribution is 2.34. The van der Waals surface area contributed by atoms with Gasteiger partial charge >= 0.3 is 5.97 Å². The Balaban J connectivity index is 1.37. The van der Waals surface area contributed by atoms with Crippen molar-refractivity contribution in [3.8, 4) is 28.1 Å². The molecule has 0 saturated heterocycles. The minimum Gasteiger partial charge on any atom is -0.465 e. The maximum absolute atomic E-state index is 15.0. The van der Waals surface area contributed by atoms with E-state index in [-0.39, 0.29) is 16.4 Å². The third-order valence-corrected chi connectivity index (χ3v) is 7.78. The lowest BCUT2D eigenvalue weighted by Crippen LogP contribution is -2.09. The quantitative estimate of drug-likeness (QED) is 0.214. The number of methoxy groups -OCH3 is 1. The Morgan fingerprint density at radius 1 is 1.10 bits per heavy atom. The van der Waals surface area contributed by atoms with Crippen LogP contribution in [0.25, 0.3) is 28.1 Å². The Hall–Kier alpha value is -4.74. The van der Waals surface area contributed by atoms with Crippen molar-refractivity contribution in [1.82, 2.24) is 35.2 Å². The molecule has 0 bridgehead atoms. The number of nitrogens with zero attached hydrogens (tertiary/aromatic N) is 6. The van der Waals surface area contributed by atoms with Gasteiger partial charge in [0.25, 0.3) is 0 Å². The first kappa shape index (κ1) is 26.5. The summed E-state index contributed by atoms with van der Waals surface area (Å²) in [6, 6.07) is 19.4. The van der Waals surface area contributed by atoms with Gasteiger partial charge < -0.3 is 9.72 Å². The van der Waals surface area contributed by atoms with E-state index in [4.69, 9.17) is 16.6 Å². The van der Waals surface area contributed by atoms with Crippen molar-refractivity contribution in [2.24, 2.45) is 0 Å². The summed E-state index contributed by atoms with van der Waals surface area (Å²) < 4.78 is 21.3. The summed E-state index contributed by atoms with van der Waals surface area (Å²) >= 11 is 7.31. The number of ether oxygens (including phenoxy) is 1. The zero-order valence-corrected chi connectivity index (χ0v) is 23.1. The van der Waals surface area contributed by atoms with Gasteiger partial charge in [-0.05, 0) is 46.7 Å². The number of esters is 1. The number of imidazole rings is 1. The van der Waals surface area contributed by atoms with Crippen LogP contribution in [-0.4, -0.2) is 48.2 Å². The van der Waals surface area contributed by atoms with Crippen LogP contribution in [0, 0.1) is 5.82 Å². The smallest absolute Gasteiger partial charge is 0.351 e. The van der Waals surface area contributed by atoms with Crippen LogP contribution in [0.15, 0.2) is 84.8 Å². The van der Waals surface area contributed by atoms with Crippen LogP contribution in [0.3, 0.4) is 0 Å². The Bertz CT molecular complexity index is 1810. The molecule has 1 atom stereocenters. The number of benzene rings is 2. The normalized spacial score (nSPS) is 11.9. The minimum absolute atomic E-state index is 0.0844. The van der Waals surface area contributed by atoms with E-state index in [0.717, 1.165) is 39.4 Å². The lowest BCUT2D eigenvalue weighted by atomic mass is 9.94. The fourth-order valence-electron chi connectivity index (χ4n) is 4.58. The van der Waals surface area contributed by atoms with Gasteiger partial charge in [0.2, 0.25) is 0 Å². The summed E-state index contributed by atoms with van der Waals surface area (Å²) in [5.74, 6) is -1.00. The van der Waals surface area contributed by atoms with Crippen LogP contribution in [0.4, 0.5) is 4.39 Å². The molecule has 2 aromatic carbocycles. The van der Waals surface area contributed by atoms with Crippen molar-refractivity contribution in [3.63, 3.8) is 0 Å². The molecule has 1 N–H and O–H groups in total. The largest absolute Gasteiger partial charge is 0.465 e. The number of aromatic amines is 1. The molecule has 4 heterocycles. The number of thiophene rings is 1. The molecule has 0 amide bonds. The second kappa shape index (κ2) is 11.4. The Morgan fingerprint density at radius 3 is 2.68 bits per heavy atom. The van der Waals surface area contributed by atoms with E-state index in [0.29, 0.717) is 23.0 Å². The number of aromatic nitrogens is 7. The predicted octanol–water partition coefficient (Wildman–Crippen LogP) is 6.13. The van der Waals surface area contributed by atoms with Gasteiger partial charge in [0.05, 0.1) is 36.3 Å². The van der Waals surface area contributed by atoms with Crippen molar-refractivity contribution in [2.45, 2.75) is 12.3 Å². The standard InChI is InChI=1S/C29H21ClFN7O2S/c1-40-29(39)27-26(31)22(15-41-27)24-14-33-28(35-24)21(11-17-5-3-2-4-6-17)23-9-7-18(13-32-23)20-12-19(30)8-10-25(20)38-16-34-36-37-38/h2-10,12-16,21H,11H2,1H3,(H,33,35). The summed E-state index contributed by atoms with van der Waals surface area (Å²) in [4.78, 5) is 24.5. The van der Waals surface area contributed by atoms with Gasteiger partial charge in [0.15, 0.2) is 5.82 Å². The number of hydrogen-bond donors (Lipinski definition) is 1. The highest BCUT2D eigenvalue weighted by Gasteiger charge is 2.24. The fourth-order valence-corrected chi connectivity index (χ4v) is 5.61. The lowest BCUT2D eigenvalue weighted by molar-refractivity contribution is 0.0601. The predicted molar refractivity (Wildman–Crippen MR) is 153 cm³/mol. The van der Waals surface area contributed by atoms with Crippen LogP contribution < -0.4 is 0 Å². The third-order valence-electron chi connectivity index (χ3n) is 6.61. The minimum atomic E-state index is -0.715. The molecule has 12 heteroatoms. The van der Waals surface area contributed by atoms with Crippen LogP contribution >= 0.6 is 22.9 Å². The van der Waals surface area contributed by atoms with Gasteiger partial charge in [0, 0.05) is 33.3 Å². The van der Waals surface area contributed by atoms with Gasteiger partial charge in [-0.25, -0.2) is 14.2 Å². The molecule has 0 fully saturated rings. The van der Waals surface area contributed by atoms with Crippen molar-refractivity contribution < 1.29 is 13.9 Å². The Labute approximate surface area is 242 Å². The van der Waals surface area contributed by atoms with E-state index < -0.39 is 11.8 Å². The summed E-state index contributed by atoms with van der Waals surface area (Å²) in [5.41, 5.74) is 4.98. The number of pyridine rings is 1. The molecule has 4 aromatic heterocycles. The van der Waals surface area contributed by atoms with Gasteiger partial charge in [-0.3, -0.25) is 4.98 Å². The molecule has 0 aliphatic carbocycles. The summed E-state index contributed by atoms with van der Waals surface area (Å²) in [6.07, 6.45) is 5.46. The van der Waals surface area contributed by atoms with Crippen molar-refractivity contribution in [3.05, 3.63) is 118 Å². The molecule has 0 spiro atoms. The fraction of sp³-hybridized carbons (Fsp3) is 0.103. The SMILES string of the molecule is COC(=O)c1scc(-c2cnc(C(Cc3ccccc3)c3ccc(-c4cc(Cl)ccc4-n4cnnn4)cn3)[nH]2)c1F. The van der Waals surface area contributed by atoms with Crippen molar-refractivity contribution in [1.29, 1.82) is 0 Å². The second-order valence-electron chi connectivity index (χ2n) is 9.10. The number of rotatable bonds is 8. The van der Waals surface area contributed by atoms with Gasteiger partial charge in [-0.15, -0.1) is 16.4 Å². The summed E-state index contributed by atoms with van der Waals surface area (Å²) in [6.45, 7) is 0. The molecule has 41 heavy (non-hydrogen) atoms. The summed E-state index contributed by atoms with van der Waals surface area (Å²) in [5, 5.41) is 13.6. The topological polar surface area (TPSA) is 111 Å². The van der Waals surface area contributed by atoms with Gasteiger partial charge in [-0.1, -0.05) is 48.0 Å². The van der Waals surface area contributed by atoms with E-state index in [2.05, 4.69) is 30.2 Å². The first-order valence-corrected chi connectivity index (χ1v) is 13.7. The van der Waals surface area contributed by atoms with Crippen LogP contribution in [-0.2, 0) is 11.2 Å². The zero-order chi connectivity index (χ0) is 28.3. The first-order valence-electron chi connectivity index (χ1n) is 12.5. The van der Waals surface area contributed by atoms with Crippen LogP contribution in [0.2, 0.25) is 5.02 Å². The second-order valence-corrected chi connectivity index (χ2v) is 10.4. The number of tetrazole rings is 1. The monoisotopic (exact) mass is 585 g/mol. The molecule has 0 radical (unpaired) electrons. The van der Waals surface area contributed by atoms with Crippen molar-refractivity contribution in [2.75, 3.05) is 7.11 Å². The number of hydrogen-bond acceptors (Lipinski definition) is 8. The zero-order valence-electron chi connectivity index (χ0n) is 21.5. The molecule has 6 aromatic rings.